The topological polar surface area (TPSA) is 92.9 Å². The van der Waals surface area contributed by atoms with Gasteiger partial charge in [0, 0.05) is 11.6 Å². The van der Waals surface area contributed by atoms with Gasteiger partial charge in [0.05, 0.1) is 17.7 Å². The van der Waals surface area contributed by atoms with Crippen molar-refractivity contribution in [2.24, 2.45) is 0 Å². The van der Waals surface area contributed by atoms with Gasteiger partial charge in [-0.25, -0.2) is 4.39 Å². The Kier molecular flexibility index (Phi) is 5.52. The minimum atomic E-state index is -1.01. The molecule has 1 aliphatic rings. The van der Waals surface area contributed by atoms with Crippen LogP contribution in [0.25, 0.3) is 5.76 Å². The molecule has 1 aromatic heterocycles. The first-order valence-corrected chi connectivity index (χ1v) is 10.0. The number of aliphatic hydroxyl groups excluding tert-OH is 1. The quantitative estimate of drug-likeness (QED) is 0.359. The van der Waals surface area contributed by atoms with Crippen molar-refractivity contribution in [1.29, 1.82) is 0 Å². The third-order valence-electron chi connectivity index (χ3n) is 4.99. The van der Waals surface area contributed by atoms with E-state index in [2.05, 4.69) is 5.16 Å². The van der Waals surface area contributed by atoms with Crippen LogP contribution in [0.15, 0.2) is 64.7 Å². The van der Waals surface area contributed by atoms with Gasteiger partial charge in [0.2, 0.25) is 0 Å². The van der Waals surface area contributed by atoms with Gasteiger partial charge >= 0.3 is 5.91 Å². The number of halogens is 1. The summed E-state index contributed by atoms with van der Waals surface area (Å²) in [4.78, 5) is 27.1. The number of carbonyl (C=O) groups excluding carboxylic acids is 2. The summed E-state index contributed by atoms with van der Waals surface area (Å²) >= 11 is 0. The van der Waals surface area contributed by atoms with Gasteiger partial charge in [-0.3, -0.25) is 14.5 Å². The van der Waals surface area contributed by atoms with Crippen LogP contribution in [0.1, 0.15) is 36.8 Å². The highest BCUT2D eigenvalue weighted by atomic mass is 19.1. The molecule has 1 amide bonds. The van der Waals surface area contributed by atoms with E-state index in [1.807, 2.05) is 13.8 Å². The Morgan fingerprint density at radius 1 is 1.12 bits per heavy atom. The first-order valence-electron chi connectivity index (χ1n) is 10.0. The van der Waals surface area contributed by atoms with Crippen molar-refractivity contribution in [3.8, 4) is 5.75 Å². The zero-order valence-corrected chi connectivity index (χ0v) is 17.7. The van der Waals surface area contributed by atoms with Gasteiger partial charge in [0.15, 0.2) is 5.82 Å². The highest BCUT2D eigenvalue weighted by Crippen LogP contribution is 2.42. The summed E-state index contributed by atoms with van der Waals surface area (Å²) in [6.07, 6.45) is -0.0239. The lowest BCUT2D eigenvalue weighted by molar-refractivity contribution is -0.132. The van der Waals surface area contributed by atoms with Crippen LogP contribution in [0, 0.1) is 12.7 Å². The van der Waals surface area contributed by atoms with Crippen molar-refractivity contribution < 1.29 is 28.3 Å². The van der Waals surface area contributed by atoms with Crippen molar-refractivity contribution in [1.82, 2.24) is 5.16 Å². The first-order chi connectivity index (χ1) is 15.3. The molecule has 2 heterocycles. The van der Waals surface area contributed by atoms with Crippen LogP contribution in [0.5, 0.6) is 5.75 Å². The van der Waals surface area contributed by atoms with Crippen LogP contribution >= 0.6 is 0 Å². The number of anilines is 1. The van der Waals surface area contributed by atoms with Gasteiger partial charge in [0.1, 0.15) is 23.1 Å². The highest BCUT2D eigenvalue weighted by Gasteiger charge is 2.48. The lowest BCUT2D eigenvalue weighted by Crippen LogP contribution is -2.29. The molecular weight excluding hydrogens is 415 g/mol. The number of aromatic nitrogens is 1. The molecule has 1 atom stereocenters. The lowest BCUT2D eigenvalue weighted by Gasteiger charge is -2.22. The smallest absolute Gasteiger partial charge is 0.301 e. The van der Waals surface area contributed by atoms with Gasteiger partial charge in [-0.1, -0.05) is 17.3 Å². The number of aliphatic hydroxyl groups is 1. The normalized spacial score (nSPS) is 17.9. The molecule has 164 valence electrons. The van der Waals surface area contributed by atoms with Crippen LogP contribution < -0.4 is 9.64 Å². The fourth-order valence-corrected chi connectivity index (χ4v) is 3.62. The number of aryl methyl sites for hydroxylation is 1. The van der Waals surface area contributed by atoms with Gasteiger partial charge in [-0.05, 0) is 62.7 Å². The van der Waals surface area contributed by atoms with Crippen molar-refractivity contribution >= 4 is 23.3 Å². The number of Topliss-reactive ketones (excluding diaryl/α,β-unsaturated/α-hetero) is 1. The van der Waals surface area contributed by atoms with E-state index in [1.54, 1.807) is 31.2 Å². The summed E-state index contributed by atoms with van der Waals surface area (Å²) in [5.41, 5.74) is 0.648. The zero-order valence-electron chi connectivity index (χ0n) is 17.7. The molecule has 4 rings (SSSR count). The number of carbonyl (C=O) groups is 2. The number of nitrogens with zero attached hydrogens (tertiary/aromatic N) is 2. The van der Waals surface area contributed by atoms with E-state index in [4.69, 9.17) is 9.26 Å². The molecule has 3 aromatic rings. The molecule has 2 aromatic carbocycles. The second-order valence-electron chi connectivity index (χ2n) is 7.71. The molecule has 1 N–H and O–H groups in total. The van der Waals surface area contributed by atoms with E-state index in [-0.39, 0.29) is 23.3 Å². The number of ketones is 1. The standard InChI is InChI=1S/C24H21FN2O5/c1-13(2)31-18-10-6-16(7-11-18)22(28)20-21(15-4-8-17(25)9-5-15)27(24(30)23(20)29)19-12-14(3)32-26-19/h4-13,21,28H,1-3H3/b22-20+. The number of hydrogen-bond acceptors (Lipinski definition) is 6. The zero-order chi connectivity index (χ0) is 23.0. The predicted octanol–water partition coefficient (Wildman–Crippen LogP) is 4.54. The number of benzene rings is 2. The molecule has 0 radical (unpaired) electrons. The van der Waals surface area contributed by atoms with Crippen LogP contribution in [0.3, 0.4) is 0 Å². The third kappa shape index (κ3) is 3.87. The SMILES string of the molecule is Cc1cc(N2C(=O)C(=O)/C(=C(/O)c3ccc(OC(C)C)cc3)C2c2ccc(F)cc2)no1. The molecule has 0 aliphatic carbocycles. The van der Waals surface area contributed by atoms with Crippen molar-refractivity contribution in [3.05, 3.63) is 82.9 Å². The minimum Gasteiger partial charge on any atom is -0.507 e. The average molecular weight is 436 g/mol. The maximum absolute atomic E-state index is 13.6. The molecular formula is C24H21FN2O5. The number of amides is 1. The average Bonchev–Trinajstić information content (AvgIpc) is 3.29. The van der Waals surface area contributed by atoms with Crippen molar-refractivity contribution in [2.45, 2.75) is 32.9 Å². The van der Waals surface area contributed by atoms with Gasteiger partial charge in [-0.15, -0.1) is 0 Å². The van der Waals surface area contributed by atoms with E-state index >= 15 is 0 Å². The van der Waals surface area contributed by atoms with Gasteiger partial charge in [0.25, 0.3) is 5.78 Å². The molecule has 32 heavy (non-hydrogen) atoms. The maximum Gasteiger partial charge on any atom is 0.301 e. The molecule has 0 spiro atoms. The van der Waals surface area contributed by atoms with E-state index in [1.165, 1.54) is 30.3 Å². The van der Waals surface area contributed by atoms with Crippen LogP contribution in [-0.2, 0) is 9.59 Å². The van der Waals surface area contributed by atoms with E-state index in [0.717, 1.165) is 4.90 Å². The summed E-state index contributed by atoms with van der Waals surface area (Å²) in [7, 11) is 0. The van der Waals surface area contributed by atoms with Crippen LogP contribution in [0.4, 0.5) is 10.2 Å². The summed E-state index contributed by atoms with van der Waals surface area (Å²) in [6.45, 7) is 5.44. The van der Waals surface area contributed by atoms with E-state index in [9.17, 15) is 19.1 Å². The molecule has 0 bridgehead atoms. The highest BCUT2D eigenvalue weighted by molar-refractivity contribution is 6.51. The summed E-state index contributed by atoms with van der Waals surface area (Å²) in [5, 5.41) is 14.9. The Morgan fingerprint density at radius 2 is 1.78 bits per heavy atom. The Bertz CT molecular complexity index is 1200. The fourth-order valence-electron chi connectivity index (χ4n) is 3.62. The summed E-state index contributed by atoms with van der Waals surface area (Å²) < 4.78 is 24.2. The molecule has 1 aliphatic heterocycles. The fraction of sp³-hybridized carbons (Fsp3) is 0.208. The monoisotopic (exact) mass is 436 g/mol. The van der Waals surface area contributed by atoms with Crippen molar-refractivity contribution in [2.75, 3.05) is 4.90 Å². The molecule has 1 fully saturated rings. The van der Waals surface area contributed by atoms with Crippen LogP contribution in [0.2, 0.25) is 0 Å². The summed E-state index contributed by atoms with van der Waals surface area (Å²) in [6, 6.07) is 12.4. The lowest BCUT2D eigenvalue weighted by atomic mass is 9.95. The molecule has 0 saturated carbocycles. The Hall–Kier alpha value is -3.94. The summed E-state index contributed by atoms with van der Waals surface area (Å²) in [5.74, 6) is -1.39. The molecule has 8 heteroatoms. The molecule has 1 saturated heterocycles. The number of hydrogen-bond donors (Lipinski definition) is 1. The minimum absolute atomic E-state index is 0.0239. The number of ether oxygens (including phenoxy) is 1. The molecule has 7 nitrogen and oxygen atoms in total. The van der Waals surface area contributed by atoms with E-state index < -0.39 is 23.5 Å². The van der Waals surface area contributed by atoms with Crippen LogP contribution in [-0.4, -0.2) is 28.1 Å². The first kappa shape index (κ1) is 21.3. The Labute approximate surface area is 183 Å². The Balaban J connectivity index is 1.85. The second kappa shape index (κ2) is 8.30. The van der Waals surface area contributed by atoms with Gasteiger partial charge in [-0.2, -0.15) is 0 Å². The maximum atomic E-state index is 13.6. The largest absolute Gasteiger partial charge is 0.507 e. The van der Waals surface area contributed by atoms with Gasteiger partial charge < -0.3 is 14.4 Å². The predicted molar refractivity (Wildman–Crippen MR) is 115 cm³/mol. The third-order valence-corrected chi connectivity index (χ3v) is 4.99. The Morgan fingerprint density at radius 3 is 2.34 bits per heavy atom. The van der Waals surface area contributed by atoms with Crippen molar-refractivity contribution in [3.63, 3.8) is 0 Å². The molecule has 1 unspecified atom stereocenters. The number of rotatable bonds is 5. The van der Waals surface area contributed by atoms with E-state index in [0.29, 0.717) is 22.6 Å². The second-order valence-corrected chi connectivity index (χ2v) is 7.71.